The number of nitrogens with one attached hydrogen (secondary N) is 2. The summed E-state index contributed by atoms with van der Waals surface area (Å²) in [6.07, 6.45) is 1.48. The van der Waals surface area contributed by atoms with Gasteiger partial charge in [0, 0.05) is 11.9 Å². The minimum Gasteiger partial charge on any atom is -0.504 e. The molecule has 0 saturated carbocycles. The molecule has 6 nitrogen and oxygen atoms in total. The SMILES string of the molecule is N#Cc1ccc(NCC(=O)Nc2ncccc2O)cc1. The normalized spacial score (nSPS) is 9.55. The summed E-state index contributed by atoms with van der Waals surface area (Å²) in [7, 11) is 0. The number of amides is 1. The molecule has 0 spiro atoms. The van der Waals surface area contributed by atoms with Gasteiger partial charge in [-0.15, -0.1) is 0 Å². The Morgan fingerprint density at radius 3 is 2.70 bits per heavy atom. The Morgan fingerprint density at radius 2 is 2.05 bits per heavy atom. The molecule has 0 atom stereocenters. The molecule has 0 aliphatic carbocycles. The van der Waals surface area contributed by atoms with Crippen LogP contribution < -0.4 is 10.6 Å². The van der Waals surface area contributed by atoms with Crippen LogP contribution in [0.4, 0.5) is 11.5 Å². The van der Waals surface area contributed by atoms with E-state index in [1.54, 1.807) is 30.3 Å². The van der Waals surface area contributed by atoms with Crippen molar-refractivity contribution in [2.45, 2.75) is 0 Å². The van der Waals surface area contributed by atoms with Crippen molar-refractivity contribution in [1.82, 2.24) is 4.98 Å². The Morgan fingerprint density at radius 1 is 1.30 bits per heavy atom. The van der Waals surface area contributed by atoms with Crippen LogP contribution in [-0.2, 0) is 4.79 Å². The van der Waals surface area contributed by atoms with Crippen LogP contribution in [0.25, 0.3) is 0 Å². The van der Waals surface area contributed by atoms with E-state index in [0.717, 1.165) is 5.69 Å². The molecule has 0 bridgehead atoms. The minimum atomic E-state index is -0.330. The van der Waals surface area contributed by atoms with Gasteiger partial charge in [-0.2, -0.15) is 5.26 Å². The van der Waals surface area contributed by atoms with E-state index in [9.17, 15) is 9.90 Å². The lowest BCUT2D eigenvalue weighted by Gasteiger charge is -2.08. The third-order valence-corrected chi connectivity index (χ3v) is 2.51. The highest BCUT2D eigenvalue weighted by atomic mass is 16.3. The highest BCUT2D eigenvalue weighted by Gasteiger charge is 2.06. The summed E-state index contributed by atoms with van der Waals surface area (Å²) in [4.78, 5) is 15.5. The molecule has 100 valence electrons. The molecule has 20 heavy (non-hydrogen) atoms. The number of rotatable bonds is 4. The molecule has 0 unspecified atom stereocenters. The number of carbonyl (C=O) groups is 1. The number of nitrogens with zero attached hydrogens (tertiary/aromatic N) is 2. The van der Waals surface area contributed by atoms with Gasteiger partial charge in [0.05, 0.1) is 18.2 Å². The summed E-state index contributed by atoms with van der Waals surface area (Å²) < 4.78 is 0. The van der Waals surface area contributed by atoms with Crippen molar-refractivity contribution in [2.75, 3.05) is 17.2 Å². The Hall–Kier alpha value is -3.07. The van der Waals surface area contributed by atoms with Crippen molar-refractivity contribution in [3.63, 3.8) is 0 Å². The molecule has 1 amide bonds. The van der Waals surface area contributed by atoms with Crippen molar-refractivity contribution in [2.24, 2.45) is 0 Å². The minimum absolute atomic E-state index is 0.0297. The summed E-state index contributed by atoms with van der Waals surface area (Å²) in [6, 6.07) is 11.8. The zero-order chi connectivity index (χ0) is 14.4. The van der Waals surface area contributed by atoms with E-state index < -0.39 is 0 Å². The van der Waals surface area contributed by atoms with E-state index in [4.69, 9.17) is 5.26 Å². The quantitative estimate of drug-likeness (QED) is 0.784. The standard InChI is InChI=1S/C14H12N4O2/c15-8-10-3-5-11(6-4-10)17-9-13(20)18-14-12(19)2-1-7-16-14/h1-7,17,19H,9H2,(H,16,18,20). The Labute approximate surface area is 115 Å². The summed E-state index contributed by atoms with van der Waals surface area (Å²) in [6.45, 7) is 0.0297. The Balaban J connectivity index is 1.89. The van der Waals surface area contributed by atoms with Crippen LogP contribution in [0, 0.1) is 11.3 Å². The lowest BCUT2D eigenvalue weighted by molar-refractivity contribution is -0.114. The van der Waals surface area contributed by atoms with Gasteiger partial charge in [-0.25, -0.2) is 4.98 Å². The molecule has 3 N–H and O–H groups in total. The van der Waals surface area contributed by atoms with Crippen LogP contribution in [0.2, 0.25) is 0 Å². The van der Waals surface area contributed by atoms with Gasteiger partial charge in [0.15, 0.2) is 11.6 Å². The number of aromatic hydroxyl groups is 1. The smallest absolute Gasteiger partial charge is 0.244 e. The number of nitriles is 1. The van der Waals surface area contributed by atoms with E-state index in [-0.39, 0.29) is 24.0 Å². The molecular weight excluding hydrogens is 256 g/mol. The zero-order valence-corrected chi connectivity index (χ0v) is 10.5. The monoisotopic (exact) mass is 268 g/mol. The van der Waals surface area contributed by atoms with Gasteiger partial charge in [-0.05, 0) is 36.4 Å². The second kappa shape index (κ2) is 6.20. The van der Waals surface area contributed by atoms with E-state index in [0.29, 0.717) is 5.56 Å². The third kappa shape index (κ3) is 3.46. The van der Waals surface area contributed by atoms with Gasteiger partial charge in [0.2, 0.25) is 5.91 Å². The molecule has 0 aliphatic heterocycles. The number of benzene rings is 1. The molecule has 1 aromatic heterocycles. The molecule has 1 aromatic carbocycles. The summed E-state index contributed by atoms with van der Waals surface area (Å²) in [5, 5.41) is 23.5. The van der Waals surface area contributed by atoms with Crippen molar-refractivity contribution in [3.8, 4) is 11.8 Å². The van der Waals surface area contributed by atoms with Gasteiger partial charge in [-0.3, -0.25) is 4.79 Å². The van der Waals surface area contributed by atoms with E-state index in [2.05, 4.69) is 15.6 Å². The molecule has 2 rings (SSSR count). The van der Waals surface area contributed by atoms with Crippen molar-refractivity contribution < 1.29 is 9.90 Å². The summed E-state index contributed by atoms with van der Waals surface area (Å²) in [5.74, 6) is -0.290. The van der Waals surface area contributed by atoms with Crippen molar-refractivity contribution >= 4 is 17.4 Å². The number of hydrogen-bond donors (Lipinski definition) is 3. The largest absolute Gasteiger partial charge is 0.504 e. The number of carbonyl (C=O) groups excluding carboxylic acids is 1. The topological polar surface area (TPSA) is 98.0 Å². The van der Waals surface area contributed by atoms with Gasteiger partial charge >= 0.3 is 0 Å². The number of pyridine rings is 1. The van der Waals surface area contributed by atoms with Crippen LogP contribution in [-0.4, -0.2) is 22.5 Å². The van der Waals surface area contributed by atoms with Gasteiger partial charge in [0.1, 0.15) is 0 Å². The highest BCUT2D eigenvalue weighted by Crippen LogP contribution is 2.17. The fourth-order valence-corrected chi connectivity index (χ4v) is 1.51. The molecule has 0 aliphatic rings. The van der Waals surface area contributed by atoms with Gasteiger partial charge in [-0.1, -0.05) is 0 Å². The maximum atomic E-state index is 11.7. The van der Waals surface area contributed by atoms with Crippen molar-refractivity contribution in [1.29, 1.82) is 5.26 Å². The average molecular weight is 268 g/mol. The maximum absolute atomic E-state index is 11.7. The van der Waals surface area contributed by atoms with E-state index in [1.807, 2.05) is 6.07 Å². The number of anilines is 2. The molecule has 0 radical (unpaired) electrons. The van der Waals surface area contributed by atoms with Gasteiger partial charge < -0.3 is 15.7 Å². The molecule has 6 heteroatoms. The first-order chi connectivity index (χ1) is 9.69. The number of hydrogen-bond acceptors (Lipinski definition) is 5. The lowest BCUT2D eigenvalue weighted by atomic mass is 10.2. The predicted octanol–water partition coefficient (Wildman–Crippen LogP) is 1.71. The lowest BCUT2D eigenvalue weighted by Crippen LogP contribution is -2.22. The summed E-state index contributed by atoms with van der Waals surface area (Å²) in [5.41, 5.74) is 1.28. The fourth-order valence-electron chi connectivity index (χ4n) is 1.51. The second-order valence-corrected chi connectivity index (χ2v) is 3.96. The zero-order valence-electron chi connectivity index (χ0n) is 10.5. The Bertz CT molecular complexity index is 647. The molecule has 0 fully saturated rings. The highest BCUT2D eigenvalue weighted by molar-refractivity contribution is 5.93. The predicted molar refractivity (Wildman–Crippen MR) is 74.2 cm³/mol. The first-order valence-electron chi connectivity index (χ1n) is 5.87. The van der Waals surface area contributed by atoms with Crippen LogP contribution in [0.5, 0.6) is 5.75 Å². The number of aromatic nitrogens is 1. The molecular formula is C14H12N4O2. The van der Waals surface area contributed by atoms with Crippen LogP contribution in [0.1, 0.15) is 5.56 Å². The summed E-state index contributed by atoms with van der Waals surface area (Å²) >= 11 is 0. The molecule has 2 aromatic rings. The van der Waals surface area contributed by atoms with E-state index in [1.165, 1.54) is 12.3 Å². The van der Waals surface area contributed by atoms with Crippen LogP contribution in [0.15, 0.2) is 42.6 Å². The fraction of sp³-hybridized carbons (Fsp3) is 0.0714. The van der Waals surface area contributed by atoms with Crippen LogP contribution >= 0.6 is 0 Å². The van der Waals surface area contributed by atoms with Crippen LogP contribution in [0.3, 0.4) is 0 Å². The van der Waals surface area contributed by atoms with E-state index >= 15 is 0 Å². The first-order valence-corrected chi connectivity index (χ1v) is 5.87. The van der Waals surface area contributed by atoms with Gasteiger partial charge in [0.25, 0.3) is 0 Å². The average Bonchev–Trinajstić information content (AvgIpc) is 2.48. The molecule has 1 heterocycles. The van der Waals surface area contributed by atoms with Crippen molar-refractivity contribution in [3.05, 3.63) is 48.2 Å². The third-order valence-electron chi connectivity index (χ3n) is 2.51. The second-order valence-electron chi connectivity index (χ2n) is 3.96. The first kappa shape index (κ1) is 13.4. The Kier molecular flexibility index (Phi) is 4.14. The molecule has 0 saturated heterocycles. The maximum Gasteiger partial charge on any atom is 0.244 e.